The predicted molar refractivity (Wildman–Crippen MR) is 92.5 cm³/mol. The second-order valence-electron chi connectivity index (χ2n) is 5.44. The van der Waals surface area contributed by atoms with Crippen molar-refractivity contribution < 1.29 is 9.90 Å². The quantitative estimate of drug-likeness (QED) is 0.566. The number of hydrogen-bond acceptors (Lipinski definition) is 2. The van der Waals surface area contributed by atoms with Gasteiger partial charge in [0.2, 0.25) is 0 Å². The van der Waals surface area contributed by atoms with E-state index in [4.69, 9.17) is 5.11 Å². The first-order valence-corrected chi connectivity index (χ1v) is 7.65. The van der Waals surface area contributed by atoms with E-state index in [9.17, 15) is 4.79 Å². The Morgan fingerprint density at radius 2 is 1.22 bits per heavy atom. The minimum atomic E-state index is -0.413. The van der Waals surface area contributed by atoms with Crippen LogP contribution in [0.4, 0.5) is 0 Å². The summed E-state index contributed by atoms with van der Waals surface area (Å²) < 4.78 is 0. The van der Waals surface area contributed by atoms with Crippen LogP contribution in [0.2, 0.25) is 0 Å². The molecule has 0 saturated heterocycles. The Hall–Kier alpha value is -2.71. The molecule has 3 aromatic carbocycles. The lowest BCUT2D eigenvalue weighted by atomic mass is 10.1. The lowest BCUT2D eigenvalue weighted by molar-refractivity contribution is 0.0904. The number of rotatable bonds is 2. The van der Waals surface area contributed by atoms with E-state index in [0.717, 1.165) is 6.42 Å². The summed E-state index contributed by atoms with van der Waals surface area (Å²) in [5.41, 5.74) is 6.31. The molecular formula is C21H18O2. The zero-order valence-electron chi connectivity index (χ0n) is 12.8. The Bertz CT molecular complexity index is 763. The van der Waals surface area contributed by atoms with Gasteiger partial charge < -0.3 is 5.11 Å². The number of Topliss-reactive ketones (excluding diaryl/α,β-unsaturated/α-hetero) is 1. The molecule has 0 bridgehead atoms. The van der Waals surface area contributed by atoms with Gasteiger partial charge in [0.25, 0.3) is 0 Å². The van der Waals surface area contributed by atoms with E-state index >= 15 is 0 Å². The van der Waals surface area contributed by atoms with E-state index < -0.39 is 6.61 Å². The highest BCUT2D eigenvalue weighted by atomic mass is 16.3. The van der Waals surface area contributed by atoms with Gasteiger partial charge in [-0.3, -0.25) is 4.79 Å². The molecule has 0 unspecified atom stereocenters. The van der Waals surface area contributed by atoms with Crippen molar-refractivity contribution in [1.82, 2.24) is 0 Å². The summed E-state index contributed by atoms with van der Waals surface area (Å²) in [6.07, 6.45) is 1.10. The number of benzene rings is 3. The molecule has 0 radical (unpaired) electrons. The minimum absolute atomic E-state index is 0.236. The molecule has 0 spiro atoms. The van der Waals surface area contributed by atoms with Crippen LogP contribution in [-0.4, -0.2) is 17.5 Å². The number of ketones is 1. The molecule has 1 N–H and O–H groups in total. The van der Waals surface area contributed by atoms with Gasteiger partial charge >= 0.3 is 0 Å². The van der Waals surface area contributed by atoms with Crippen LogP contribution in [0.15, 0.2) is 78.9 Å². The van der Waals surface area contributed by atoms with Crippen molar-refractivity contribution in [1.29, 1.82) is 0 Å². The zero-order chi connectivity index (χ0) is 16.1. The fourth-order valence-corrected chi connectivity index (χ4v) is 2.79. The van der Waals surface area contributed by atoms with E-state index in [0.29, 0.717) is 5.56 Å². The summed E-state index contributed by atoms with van der Waals surface area (Å²) in [6, 6.07) is 26.0. The molecule has 0 atom stereocenters. The summed E-state index contributed by atoms with van der Waals surface area (Å²) in [6.45, 7) is -0.413. The smallest absolute Gasteiger partial charge is 0.188 e. The number of hydrogen-bond donors (Lipinski definition) is 1. The van der Waals surface area contributed by atoms with Crippen LogP contribution in [0.25, 0.3) is 11.1 Å². The third-order valence-electron chi connectivity index (χ3n) is 3.95. The van der Waals surface area contributed by atoms with Crippen LogP contribution in [0, 0.1) is 0 Å². The molecule has 1 aliphatic carbocycles. The van der Waals surface area contributed by atoms with Gasteiger partial charge in [0.15, 0.2) is 5.78 Å². The molecule has 23 heavy (non-hydrogen) atoms. The number of carbonyl (C=O) groups excluding carboxylic acids is 1. The van der Waals surface area contributed by atoms with Gasteiger partial charge in [-0.05, 0) is 28.7 Å². The van der Waals surface area contributed by atoms with E-state index in [2.05, 4.69) is 48.5 Å². The summed E-state index contributed by atoms with van der Waals surface area (Å²) in [4.78, 5) is 10.8. The number of aliphatic hydroxyl groups is 1. The Balaban J connectivity index is 0.000000142. The highest BCUT2D eigenvalue weighted by molar-refractivity contribution is 5.96. The summed E-state index contributed by atoms with van der Waals surface area (Å²) in [7, 11) is 0. The fraction of sp³-hybridized carbons (Fsp3) is 0.0952. The molecular weight excluding hydrogens is 284 g/mol. The van der Waals surface area contributed by atoms with Crippen LogP contribution in [0.1, 0.15) is 21.5 Å². The zero-order valence-corrected chi connectivity index (χ0v) is 12.8. The highest BCUT2D eigenvalue weighted by Gasteiger charge is 2.15. The molecule has 1 aliphatic rings. The molecule has 2 nitrogen and oxygen atoms in total. The monoisotopic (exact) mass is 302 g/mol. The van der Waals surface area contributed by atoms with Gasteiger partial charge in [-0.15, -0.1) is 0 Å². The maximum atomic E-state index is 10.8. The van der Waals surface area contributed by atoms with Crippen LogP contribution in [0.5, 0.6) is 0 Å². The first-order chi connectivity index (χ1) is 11.3. The Morgan fingerprint density at radius 1 is 0.739 bits per heavy atom. The third kappa shape index (κ3) is 3.38. The second-order valence-corrected chi connectivity index (χ2v) is 5.44. The van der Waals surface area contributed by atoms with E-state index in [1.165, 1.54) is 22.3 Å². The average molecular weight is 302 g/mol. The minimum Gasteiger partial charge on any atom is -0.388 e. The molecule has 0 heterocycles. The van der Waals surface area contributed by atoms with Crippen molar-refractivity contribution in [3.63, 3.8) is 0 Å². The summed E-state index contributed by atoms with van der Waals surface area (Å²) in [5.74, 6) is -0.236. The van der Waals surface area contributed by atoms with E-state index in [1.807, 2.05) is 6.07 Å². The van der Waals surface area contributed by atoms with Crippen molar-refractivity contribution >= 4 is 5.78 Å². The predicted octanol–water partition coefficient (Wildman–Crippen LogP) is 4.12. The lowest BCUT2D eigenvalue weighted by Crippen LogP contribution is -2.02. The van der Waals surface area contributed by atoms with Gasteiger partial charge in [0, 0.05) is 5.56 Å². The standard InChI is InChI=1S/C13H10.C8H8O2/c1-3-7-12-10(5-1)9-11-6-2-4-8-13(11)12;9-6-8(10)7-4-2-1-3-5-7/h1-8H,9H2;1-5,9H,6H2. The number of fused-ring (bicyclic) bond motifs is 3. The number of carbonyl (C=O) groups is 1. The Kier molecular flexibility index (Phi) is 4.65. The van der Waals surface area contributed by atoms with Crippen molar-refractivity contribution in [2.75, 3.05) is 6.61 Å². The average Bonchev–Trinajstić information content (AvgIpc) is 3.01. The molecule has 0 fully saturated rings. The normalized spacial score (nSPS) is 11.0. The van der Waals surface area contributed by atoms with Crippen LogP contribution < -0.4 is 0 Å². The van der Waals surface area contributed by atoms with Gasteiger partial charge in [-0.2, -0.15) is 0 Å². The second kappa shape index (κ2) is 7.03. The summed E-state index contributed by atoms with van der Waals surface area (Å²) in [5, 5.41) is 8.44. The summed E-state index contributed by atoms with van der Waals surface area (Å²) >= 11 is 0. The van der Waals surface area contributed by atoms with Crippen molar-refractivity contribution in [3.8, 4) is 11.1 Å². The Morgan fingerprint density at radius 3 is 1.74 bits per heavy atom. The number of aliphatic hydroxyl groups excluding tert-OH is 1. The van der Waals surface area contributed by atoms with Crippen LogP contribution in [-0.2, 0) is 6.42 Å². The maximum Gasteiger partial charge on any atom is 0.188 e. The molecule has 114 valence electrons. The topological polar surface area (TPSA) is 37.3 Å². The van der Waals surface area contributed by atoms with Gasteiger partial charge in [0.1, 0.15) is 6.61 Å². The van der Waals surface area contributed by atoms with Gasteiger partial charge in [-0.25, -0.2) is 0 Å². The van der Waals surface area contributed by atoms with Gasteiger partial charge in [0.05, 0.1) is 0 Å². The van der Waals surface area contributed by atoms with Crippen molar-refractivity contribution in [2.45, 2.75) is 6.42 Å². The van der Waals surface area contributed by atoms with Crippen molar-refractivity contribution in [3.05, 3.63) is 95.6 Å². The first kappa shape index (κ1) is 15.2. The molecule has 0 aliphatic heterocycles. The van der Waals surface area contributed by atoms with Crippen LogP contribution >= 0.6 is 0 Å². The van der Waals surface area contributed by atoms with Gasteiger partial charge in [-0.1, -0.05) is 78.9 Å². The maximum absolute atomic E-state index is 10.8. The largest absolute Gasteiger partial charge is 0.388 e. The molecule has 4 rings (SSSR count). The van der Waals surface area contributed by atoms with E-state index in [1.54, 1.807) is 24.3 Å². The lowest BCUT2D eigenvalue weighted by Gasteiger charge is -1.98. The third-order valence-corrected chi connectivity index (χ3v) is 3.95. The molecule has 0 amide bonds. The van der Waals surface area contributed by atoms with Crippen molar-refractivity contribution in [2.24, 2.45) is 0 Å². The first-order valence-electron chi connectivity index (χ1n) is 7.65. The highest BCUT2D eigenvalue weighted by Crippen LogP contribution is 2.35. The molecule has 0 aromatic heterocycles. The van der Waals surface area contributed by atoms with Crippen LogP contribution in [0.3, 0.4) is 0 Å². The molecule has 2 heteroatoms. The SMILES string of the molecule is O=C(CO)c1ccccc1.c1ccc2c(c1)Cc1ccccc1-2. The van der Waals surface area contributed by atoms with E-state index in [-0.39, 0.29) is 5.78 Å². The fourth-order valence-electron chi connectivity index (χ4n) is 2.79. The Labute approximate surface area is 136 Å². The molecule has 3 aromatic rings. The molecule has 0 saturated carbocycles.